The molecule has 6 nitrogen and oxygen atoms in total. The summed E-state index contributed by atoms with van der Waals surface area (Å²) in [6.45, 7) is 17.3. The van der Waals surface area contributed by atoms with Crippen LogP contribution in [-0.4, -0.2) is 31.5 Å². The SMILES string of the molecule is C=C\N=C(C#N)/C(C=C)=C(C=C)/C=C(\C=C)N1CC(C)CNS1(=O)=O. The molecule has 0 aromatic rings. The van der Waals surface area contributed by atoms with Crippen molar-refractivity contribution in [1.82, 2.24) is 9.03 Å². The zero-order chi connectivity index (χ0) is 19.0. The summed E-state index contributed by atoms with van der Waals surface area (Å²) in [5, 5.41) is 9.26. The third-order valence-electron chi connectivity index (χ3n) is 3.50. The maximum Gasteiger partial charge on any atom is 0.301 e. The Morgan fingerprint density at radius 2 is 1.96 bits per heavy atom. The number of nitrogens with one attached hydrogen (secondary N) is 1. The Hall–Kier alpha value is -2.69. The average molecular weight is 358 g/mol. The zero-order valence-electron chi connectivity index (χ0n) is 14.3. The second-order valence-electron chi connectivity index (χ2n) is 5.31. The molecule has 0 aromatic heterocycles. The molecule has 0 bridgehead atoms. The van der Waals surface area contributed by atoms with Gasteiger partial charge in [-0.05, 0) is 23.6 Å². The maximum atomic E-state index is 12.3. The Kier molecular flexibility index (Phi) is 7.30. The van der Waals surface area contributed by atoms with Gasteiger partial charge >= 0.3 is 10.2 Å². The molecule has 1 heterocycles. The van der Waals surface area contributed by atoms with E-state index in [1.807, 2.05) is 13.0 Å². The Labute approximate surface area is 149 Å². The molecule has 1 rings (SSSR count). The van der Waals surface area contributed by atoms with Gasteiger partial charge in [-0.2, -0.15) is 18.4 Å². The van der Waals surface area contributed by atoms with E-state index < -0.39 is 10.2 Å². The molecule has 1 atom stereocenters. The van der Waals surface area contributed by atoms with Crippen LogP contribution in [0.4, 0.5) is 0 Å². The molecule has 25 heavy (non-hydrogen) atoms. The van der Waals surface area contributed by atoms with E-state index >= 15 is 0 Å². The molecule has 0 amide bonds. The molecule has 0 aliphatic carbocycles. The fraction of sp³-hybridized carbons (Fsp3) is 0.222. The summed E-state index contributed by atoms with van der Waals surface area (Å²) in [6, 6.07) is 1.97. The Morgan fingerprint density at radius 1 is 1.28 bits per heavy atom. The molecule has 1 aliphatic rings. The van der Waals surface area contributed by atoms with E-state index in [4.69, 9.17) is 0 Å². The van der Waals surface area contributed by atoms with Crippen molar-refractivity contribution in [3.8, 4) is 6.07 Å². The van der Waals surface area contributed by atoms with Crippen molar-refractivity contribution in [1.29, 1.82) is 5.26 Å². The molecule has 1 aliphatic heterocycles. The molecule has 7 heteroatoms. The molecule has 0 radical (unpaired) electrons. The van der Waals surface area contributed by atoms with Crippen molar-refractivity contribution >= 4 is 15.9 Å². The van der Waals surface area contributed by atoms with E-state index in [1.165, 1.54) is 28.7 Å². The van der Waals surface area contributed by atoms with Gasteiger partial charge in [-0.15, -0.1) is 0 Å². The van der Waals surface area contributed by atoms with Gasteiger partial charge in [-0.3, -0.25) is 4.31 Å². The first-order chi connectivity index (χ1) is 11.8. The van der Waals surface area contributed by atoms with E-state index in [0.717, 1.165) is 0 Å². The van der Waals surface area contributed by atoms with Crippen molar-refractivity contribution in [2.75, 3.05) is 13.1 Å². The quantitative estimate of drug-likeness (QED) is 0.561. The second-order valence-corrected chi connectivity index (χ2v) is 6.99. The molecular weight excluding hydrogens is 336 g/mol. The van der Waals surface area contributed by atoms with Gasteiger partial charge in [0.1, 0.15) is 11.8 Å². The van der Waals surface area contributed by atoms with Gasteiger partial charge < -0.3 is 0 Å². The highest BCUT2D eigenvalue weighted by molar-refractivity contribution is 7.87. The van der Waals surface area contributed by atoms with Crippen LogP contribution < -0.4 is 4.72 Å². The summed E-state index contributed by atoms with van der Waals surface area (Å²) in [4.78, 5) is 3.91. The lowest BCUT2D eigenvalue weighted by molar-refractivity contribution is 0.370. The highest BCUT2D eigenvalue weighted by atomic mass is 32.2. The minimum Gasteiger partial charge on any atom is -0.258 e. The topological polar surface area (TPSA) is 85.6 Å². The van der Waals surface area contributed by atoms with E-state index in [-0.39, 0.29) is 11.6 Å². The number of nitrogens with zero attached hydrogens (tertiary/aromatic N) is 3. The third-order valence-corrected chi connectivity index (χ3v) is 4.97. The predicted molar refractivity (Wildman–Crippen MR) is 102 cm³/mol. The standard InChI is InChI=1S/C18H22N4O2S/c1-6-15(17(8-3)18(11-19)20-9-4)10-16(7-2)22-13-14(5)12-21-25(22,23)24/h6-10,14,21H,1-4,12-13H2,5H3/b16-10+,17-15+,20-18-. The van der Waals surface area contributed by atoms with Gasteiger partial charge in [-0.25, -0.2) is 4.99 Å². The van der Waals surface area contributed by atoms with Gasteiger partial charge in [0.05, 0.1) is 5.70 Å². The Bertz CT molecular complexity index is 811. The second kappa shape index (κ2) is 8.97. The van der Waals surface area contributed by atoms with Gasteiger partial charge in [-0.1, -0.05) is 45.4 Å². The normalized spacial score (nSPS) is 21.6. The number of aliphatic imine (C=N–C) groups is 1. The zero-order valence-corrected chi connectivity index (χ0v) is 15.1. The van der Waals surface area contributed by atoms with Crippen LogP contribution >= 0.6 is 0 Å². The molecule has 1 saturated heterocycles. The number of rotatable bonds is 7. The fourth-order valence-electron chi connectivity index (χ4n) is 2.26. The van der Waals surface area contributed by atoms with Crippen LogP contribution in [0, 0.1) is 17.2 Å². The molecular formula is C18H22N4O2S. The van der Waals surface area contributed by atoms with Crippen molar-refractivity contribution in [2.45, 2.75) is 6.92 Å². The highest BCUT2D eigenvalue weighted by Gasteiger charge is 2.29. The summed E-state index contributed by atoms with van der Waals surface area (Å²) in [5.74, 6) is 0.138. The van der Waals surface area contributed by atoms with Crippen LogP contribution in [0.15, 0.2) is 78.7 Å². The van der Waals surface area contributed by atoms with E-state index in [0.29, 0.717) is 29.9 Å². The summed E-state index contributed by atoms with van der Waals surface area (Å²) in [5.41, 5.74) is 1.39. The molecule has 0 aromatic carbocycles. The molecule has 0 spiro atoms. The van der Waals surface area contributed by atoms with Crippen LogP contribution in [0.2, 0.25) is 0 Å². The summed E-state index contributed by atoms with van der Waals surface area (Å²) >= 11 is 0. The molecule has 1 N–H and O–H groups in total. The van der Waals surface area contributed by atoms with Crippen LogP contribution in [0.1, 0.15) is 6.92 Å². The van der Waals surface area contributed by atoms with Gasteiger partial charge in [0.2, 0.25) is 0 Å². The number of hydrogen-bond donors (Lipinski definition) is 1. The van der Waals surface area contributed by atoms with Crippen LogP contribution in [0.3, 0.4) is 0 Å². The van der Waals surface area contributed by atoms with E-state index in [2.05, 4.69) is 36.0 Å². The Balaban J connectivity index is 3.54. The lowest BCUT2D eigenvalue weighted by Crippen LogP contribution is -2.49. The first-order valence-electron chi connectivity index (χ1n) is 7.54. The smallest absolute Gasteiger partial charge is 0.258 e. The number of allylic oxidation sites excluding steroid dienone is 6. The molecule has 1 unspecified atom stereocenters. The summed E-state index contributed by atoms with van der Waals surface area (Å²) < 4.78 is 28.4. The molecule has 132 valence electrons. The van der Waals surface area contributed by atoms with Crippen molar-refractivity contribution in [3.05, 3.63) is 73.7 Å². The maximum absolute atomic E-state index is 12.3. The van der Waals surface area contributed by atoms with Crippen LogP contribution in [0.5, 0.6) is 0 Å². The van der Waals surface area contributed by atoms with Crippen LogP contribution in [0.25, 0.3) is 0 Å². The largest absolute Gasteiger partial charge is 0.301 e. The number of nitriles is 1. The summed E-state index contributed by atoms with van der Waals surface area (Å²) in [7, 11) is -3.64. The minimum absolute atomic E-state index is 0.104. The average Bonchev–Trinajstić information content (AvgIpc) is 2.59. The lowest BCUT2D eigenvalue weighted by Gasteiger charge is -2.33. The fourth-order valence-corrected chi connectivity index (χ4v) is 3.76. The van der Waals surface area contributed by atoms with Crippen molar-refractivity contribution in [3.63, 3.8) is 0 Å². The molecule has 1 fully saturated rings. The highest BCUT2D eigenvalue weighted by Crippen LogP contribution is 2.21. The van der Waals surface area contributed by atoms with Gasteiger partial charge in [0, 0.05) is 24.9 Å². The van der Waals surface area contributed by atoms with E-state index in [9.17, 15) is 13.7 Å². The lowest BCUT2D eigenvalue weighted by atomic mass is 10.0. The van der Waals surface area contributed by atoms with E-state index in [1.54, 1.807) is 6.08 Å². The van der Waals surface area contributed by atoms with Crippen molar-refractivity contribution < 1.29 is 8.42 Å². The predicted octanol–water partition coefficient (Wildman–Crippen LogP) is 2.62. The summed E-state index contributed by atoms with van der Waals surface area (Å²) in [6.07, 6.45) is 7.25. The van der Waals surface area contributed by atoms with Crippen molar-refractivity contribution in [2.24, 2.45) is 10.9 Å². The van der Waals surface area contributed by atoms with Crippen LogP contribution in [-0.2, 0) is 10.2 Å². The van der Waals surface area contributed by atoms with Gasteiger partial charge in [0.15, 0.2) is 0 Å². The number of hydrogen-bond acceptors (Lipinski definition) is 4. The third kappa shape index (κ3) is 4.89. The monoisotopic (exact) mass is 358 g/mol. The molecule has 0 saturated carbocycles. The first kappa shape index (κ1) is 20.4. The Morgan fingerprint density at radius 3 is 2.44 bits per heavy atom. The minimum atomic E-state index is -3.64. The first-order valence-corrected chi connectivity index (χ1v) is 8.98. The van der Waals surface area contributed by atoms with Gasteiger partial charge in [0.25, 0.3) is 0 Å².